The van der Waals surface area contributed by atoms with Gasteiger partial charge in [0.05, 0.1) is 0 Å². The summed E-state index contributed by atoms with van der Waals surface area (Å²) in [5.41, 5.74) is 7.60. The molecule has 0 aliphatic carbocycles. The Balaban J connectivity index is 2.52. The molecule has 20 heavy (non-hydrogen) atoms. The molecule has 0 atom stereocenters. The Kier molecular flexibility index (Phi) is 7.15. The third kappa shape index (κ3) is 5.58. The van der Waals surface area contributed by atoms with Crippen molar-refractivity contribution in [2.24, 2.45) is 5.73 Å². The Bertz CT molecular complexity index is 486. The van der Waals surface area contributed by atoms with Crippen LogP contribution in [-0.2, 0) is 23.2 Å². The van der Waals surface area contributed by atoms with Gasteiger partial charge in [-0.25, -0.2) is 0 Å². The third-order valence-corrected chi connectivity index (χ3v) is 4.66. The van der Waals surface area contributed by atoms with Gasteiger partial charge >= 0.3 is 0 Å². The van der Waals surface area contributed by atoms with Crippen LogP contribution in [0.5, 0.6) is 0 Å². The van der Waals surface area contributed by atoms with E-state index in [0.717, 1.165) is 24.8 Å². The standard InChI is InChI=1S/C14H25N3O2S/c1-3-4-11-17(2)20(18,19)16-12-14-7-5-13(6-8-14)9-10-15/h5-8,16H,3-4,9-12,15H2,1-2H3. The van der Waals surface area contributed by atoms with Crippen molar-refractivity contribution in [2.75, 3.05) is 20.1 Å². The fourth-order valence-corrected chi connectivity index (χ4v) is 2.72. The fraction of sp³-hybridized carbons (Fsp3) is 0.571. The highest BCUT2D eigenvalue weighted by atomic mass is 32.2. The minimum absolute atomic E-state index is 0.307. The maximum Gasteiger partial charge on any atom is 0.279 e. The van der Waals surface area contributed by atoms with Crippen molar-refractivity contribution in [1.82, 2.24) is 9.03 Å². The summed E-state index contributed by atoms with van der Waals surface area (Å²) in [6.07, 6.45) is 2.68. The number of nitrogens with zero attached hydrogens (tertiary/aromatic N) is 1. The Labute approximate surface area is 122 Å². The summed E-state index contributed by atoms with van der Waals surface area (Å²) in [5.74, 6) is 0. The summed E-state index contributed by atoms with van der Waals surface area (Å²) in [4.78, 5) is 0. The first-order valence-electron chi connectivity index (χ1n) is 6.98. The lowest BCUT2D eigenvalue weighted by Crippen LogP contribution is -2.38. The molecular formula is C14H25N3O2S. The Morgan fingerprint density at radius 1 is 1.20 bits per heavy atom. The number of unbranched alkanes of at least 4 members (excludes halogenated alkanes) is 1. The summed E-state index contributed by atoms with van der Waals surface area (Å²) >= 11 is 0. The van der Waals surface area contributed by atoms with Crippen molar-refractivity contribution in [2.45, 2.75) is 32.7 Å². The van der Waals surface area contributed by atoms with E-state index in [0.29, 0.717) is 19.6 Å². The maximum atomic E-state index is 12.0. The number of rotatable bonds is 9. The van der Waals surface area contributed by atoms with E-state index in [1.807, 2.05) is 31.2 Å². The molecule has 0 saturated carbocycles. The van der Waals surface area contributed by atoms with Gasteiger partial charge in [-0.1, -0.05) is 37.6 Å². The first kappa shape index (κ1) is 17.1. The van der Waals surface area contributed by atoms with Crippen LogP contribution in [0, 0.1) is 0 Å². The highest BCUT2D eigenvalue weighted by Gasteiger charge is 2.15. The van der Waals surface area contributed by atoms with Gasteiger partial charge < -0.3 is 5.73 Å². The minimum Gasteiger partial charge on any atom is -0.330 e. The van der Waals surface area contributed by atoms with E-state index in [9.17, 15) is 8.42 Å². The molecule has 0 bridgehead atoms. The molecule has 0 spiro atoms. The van der Waals surface area contributed by atoms with Gasteiger partial charge in [-0.3, -0.25) is 0 Å². The number of nitrogens with two attached hydrogens (primary N) is 1. The van der Waals surface area contributed by atoms with Gasteiger partial charge in [0, 0.05) is 20.1 Å². The molecule has 0 fully saturated rings. The lowest BCUT2D eigenvalue weighted by molar-refractivity contribution is 0.448. The molecule has 0 radical (unpaired) electrons. The molecule has 1 aromatic rings. The second-order valence-electron chi connectivity index (χ2n) is 4.86. The van der Waals surface area contributed by atoms with Crippen molar-refractivity contribution in [3.8, 4) is 0 Å². The predicted octanol–water partition coefficient (Wildman–Crippen LogP) is 1.25. The van der Waals surface area contributed by atoms with E-state index in [1.54, 1.807) is 7.05 Å². The van der Waals surface area contributed by atoms with Gasteiger partial charge in [-0.05, 0) is 30.5 Å². The molecule has 0 saturated heterocycles. The van der Waals surface area contributed by atoms with Gasteiger partial charge in [-0.15, -0.1) is 0 Å². The zero-order chi connectivity index (χ0) is 15.0. The van der Waals surface area contributed by atoms with E-state index in [-0.39, 0.29) is 0 Å². The fourth-order valence-electron chi connectivity index (χ4n) is 1.78. The highest BCUT2D eigenvalue weighted by Crippen LogP contribution is 2.06. The summed E-state index contributed by atoms with van der Waals surface area (Å²) in [6.45, 7) is 3.51. The molecule has 0 aliphatic heterocycles. The third-order valence-electron chi connectivity index (χ3n) is 3.15. The molecule has 0 heterocycles. The molecule has 114 valence electrons. The number of hydrogen-bond donors (Lipinski definition) is 2. The zero-order valence-corrected chi connectivity index (χ0v) is 13.1. The molecule has 1 aromatic carbocycles. The van der Waals surface area contributed by atoms with Gasteiger partial charge in [0.1, 0.15) is 0 Å². The molecule has 1 rings (SSSR count). The summed E-state index contributed by atoms with van der Waals surface area (Å²) in [7, 11) is -1.79. The van der Waals surface area contributed by atoms with Crippen molar-refractivity contribution < 1.29 is 8.42 Å². The van der Waals surface area contributed by atoms with Crippen LogP contribution in [0.2, 0.25) is 0 Å². The molecule has 0 amide bonds. The number of nitrogens with one attached hydrogen (secondary N) is 1. The van der Waals surface area contributed by atoms with Crippen molar-refractivity contribution in [3.63, 3.8) is 0 Å². The summed E-state index contributed by atoms with van der Waals surface area (Å²) in [6, 6.07) is 7.83. The summed E-state index contributed by atoms with van der Waals surface area (Å²) < 4.78 is 27.9. The van der Waals surface area contributed by atoms with Crippen LogP contribution in [-0.4, -0.2) is 32.9 Å². The molecule has 0 aromatic heterocycles. The number of benzene rings is 1. The Hall–Kier alpha value is -0.950. The van der Waals surface area contributed by atoms with E-state index < -0.39 is 10.2 Å². The van der Waals surface area contributed by atoms with Crippen LogP contribution >= 0.6 is 0 Å². The van der Waals surface area contributed by atoms with Crippen LogP contribution in [0.4, 0.5) is 0 Å². The van der Waals surface area contributed by atoms with Crippen LogP contribution in [0.15, 0.2) is 24.3 Å². The average molecular weight is 299 g/mol. The molecular weight excluding hydrogens is 274 g/mol. The van der Waals surface area contributed by atoms with Crippen LogP contribution in [0.1, 0.15) is 30.9 Å². The lowest BCUT2D eigenvalue weighted by atomic mass is 10.1. The zero-order valence-electron chi connectivity index (χ0n) is 12.3. The topological polar surface area (TPSA) is 75.4 Å². The smallest absolute Gasteiger partial charge is 0.279 e. The van der Waals surface area contributed by atoms with Gasteiger partial charge in [0.2, 0.25) is 0 Å². The van der Waals surface area contributed by atoms with E-state index in [4.69, 9.17) is 5.73 Å². The van der Waals surface area contributed by atoms with E-state index in [1.165, 1.54) is 9.87 Å². The maximum absolute atomic E-state index is 12.0. The quantitative estimate of drug-likeness (QED) is 0.720. The monoisotopic (exact) mass is 299 g/mol. The first-order chi connectivity index (χ1) is 9.49. The molecule has 3 N–H and O–H groups in total. The van der Waals surface area contributed by atoms with Crippen LogP contribution in [0.3, 0.4) is 0 Å². The Morgan fingerprint density at radius 2 is 1.80 bits per heavy atom. The molecule has 5 nitrogen and oxygen atoms in total. The Morgan fingerprint density at radius 3 is 2.35 bits per heavy atom. The molecule has 0 aliphatic rings. The van der Waals surface area contributed by atoms with Crippen molar-refractivity contribution in [3.05, 3.63) is 35.4 Å². The number of hydrogen-bond acceptors (Lipinski definition) is 3. The predicted molar refractivity (Wildman–Crippen MR) is 82.5 cm³/mol. The average Bonchev–Trinajstić information content (AvgIpc) is 2.44. The molecule has 0 unspecified atom stereocenters. The largest absolute Gasteiger partial charge is 0.330 e. The van der Waals surface area contributed by atoms with Crippen molar-refractivity contribution in [1.29, 1.82) is 0 Å². The van der Waals surface area contributed by atoms with E-state index in [2.05, 4.69) is 4.72 Å². The second-order valence-corrected chi connectivity index (χ2v) is 6.72. The summed E-state index contributed by atoms with van der Waals surface area (Å²) in [5, 5.41) is 0. The minimum atomic E-state index is -3.39. The highest BCUT2D eigenvalue weighted by molar-refractivity contribution is 7.87. The van der Waals surface area contributed by atoms with Crippen LogP contribution < -0.4 is 10.5 Å². The van der Waals surface area contributed by atoms with Crippen molar-refractivity contribution >= 4 is 10.2 Å². The second kappa shape index (κ2) is 8.36. The van der Waals surface area contributed by atoms with Gasteiger partial charge in [0.15, 0.2) is 0 Å². The van der Waals surface area contributed by atoms with Crippen LogP contribution in [0.25, 0.3) is 0 Å². The van der Waals surface area contributed by atoms with Gasteiger partial charge in [-0.2, -0.15) is 17.4 Å². The van der Waals surface area contributed by atoms with E-state index >= 15 is 0 Å². The van der Waals surface area contributed by atoms with Gasteiger partial charge in [0.25, 0.3) is 10.2 Å². The first-order valence-corrected chi connectivity index (χ1v) is 8.42. The lowest BCUT2D eigenvalue weighted by Gasteiger charge is -2.17. The molecule has 6 heteroatoms. The normalized spacial score (nSPS) is 12.0. The SMILES string of the molecule is CCCCN(C)S(=O)(=O)NCc1ccc(CCN)cc1.